The van der Waals surface area contributed by atoms with Crippen LogP contribution in [-0.4, -0.2) is 51.4 Å². The van der Waals surface area contributed by atoms with E-state index in [4.69, 9.17) is 16.2 Å². The number of guanidine groups is 1. The molecule has 1 amide bonds. The second kappa shape index (κ2) is 13.4. The number of aromatic carboxylic acids is 1. The van der Waals surface area contributed by atoms with Crippen molar-refractivity contribution in [2.75, 3.05) is 6.54 Å². The third-order valence-corrected chi connectivity index (χ3v) is 7.00. The summed E-state index contributed by atoms with van der Waals surface area (Å²) < 4.78 is 5.63. The number of allylic oxidation sites excluding steroid dienone is 3. The van der Waals surface area contributed by atoms with Gasteiger partial charge >= 0.3 is 17.9 Å². The first-order chi connectivity index (χ1) is 20.1. The number of fused-ring (bicyclic) bond motifs is 1. The van der Waals surface area contributed by atoms with Crippen molar-refractivity contribution in [1.82, 2.24) is 4.90 Å². The van der Waals surface area contributed by atoms with Crippen LogP contribution >= 0.6 is 0 Å². The fourth-order valence-corrected chi connectivity index (χ4v) is 5.09. The lowest BCUT2D eigenvalue weighted by Gasteiger charge is -2.28. The number of aliphatic carboxylic acids is 1. The first-order valence-corrected chi connectivity index (χ1v) is 13.4. The second-order valence-corrected chi connectivity index (χ2v) is 10.1. The van der Waals surface area contributed by atoms with Crippen molar-refractivity contribution in [2.45, 2.75) is 44.6 Å². The van der Waals surface area contributed by atoms with Crippen LogP contribution in [0.1, 0.15) is 58.6 Å². The van der Waals surface area contributed by atoms with E-state index in [2.05, 4.69) is 4.99 Å². The van der Waals surface area contributed by atoms with Crippen LogP contribution < -0.4 is 16.2 Å². The number of hydrogen-bond donors (Lipinski definition) is 4. The van der Waals surface area contributed by atoms with Gasteiger partial charge in [0, 0.05) is 25.1 Å². The van der Waals surface area contributed by atoms with Gasteiger partial charge in [-0.15, -0.1) is 0 Å². The van der Waals surface area contributed by atoms with Gasteiger partial charge in [0.2, 0.25) is 5.91 Å². The molecule has 1 atom stereocenters. The zero-order valence-corrected chi connectivity index (χ0v) is 22.9. The molecule has 6 N–H and O–H groups in total. The Morgan fingerprint density at radius 2 is 1.86 bits per heavy atom. The van der Waals surface area contributed by atoms with E-state index in [0.29, 0.717) is 29.0 Å². The van der Waals surface area contributed by atoms with Crippen LogP contribution in [-0.2, 0) is 27.3 Å². The van der Waals surface area contributed by atoms with Crippen molar-refractivity contribution in [3.05, 3.63) is 100 Å². The van der Waals surface area contributed by atoms with E-state index in [1.54, 1.807) is 48.6 Å². The summed E-state index contributed by atoms with van der Waals surface area (Å²) in [5.41, 5.74) is 14.3. The number of nitrogens with two attached hydrogens (primary N) is 2. The van der Waals surface area contributed by atoms with Crippen LogP contribution in [0.4, 0.5) is 0 Å². The molecule has 42 heavy (non-hydrogen) atoms. The first-order valence-electron chi connectivity index (χ1n) is 13.4. The highest BCUT2D eigenvalue weighted by atomic mass is 16.5. The minimum Gasteiger partial charge on any atom is -0.480 e. The molecule has 2 aliphatic carbocycles. The van der Waals surface area contributed by atoms with Gasteiger partial charge in [0.25, 0.3) is 0 Å². The number of carbonyl (C=O) groups is 4. The summed E-state index contributed by atoms with van der Waals surface area (Å²) >= 11 is 0. The standard InChI is InChI=1S/C31H32N4O7/c32-31(33)34-24-9-3-5-20(10-11-24)30(41)42-25-12-13-26-21(15-25)6-2-7-22(26)16-27(36)35(18-28(37)38)17-19-4-1-8-23(14-19)29(39)40/h1,3-5,8,10-15,22H,2,6-7,9,16-18H2,(H,37,38)(H,39,40)(H4,32,33,34). The second-order valence-electron chi connectivity index (χ2n) is 10.1. The predicted octanol–water partition coefficient (Wildman–Crippen LogP) is 3.26. The van der Waals surface area contributed by atoms with Crippen LogP contribution in [0, 0.1) is 0 Å². The molecule has 2 aromatic carbocycles. The molecule has 218 valence electrons. The van der Waals surface area contributed by atoms with E-state index in [0.717, 1.165) is 30.4 Å². The van der Waals surface area contributed by atoms with Gasteiger partial charge in [-0.05, 0) is 78.3 Å². The Kier molecular flexibility index (Phi) is 9.53. The molecule has 0 aromatic heterocycles. The Bertz CT molecular complexity index is 1520. The molecule has 11 nitrogen and oxygen atoms in total. The summed E-state index contributed by atoms with van der Waals surface area (Å²) in [5, 5.41) is 18.7. The highest BCUT2D eigenvalue weighted by Gasteiger charge is 2.27. The third-order valence-electron chi connectivity index (χ3n) is 7.00. The van der Waals surface area contributed by atoms with E-state index >= 15 is 0 Å². The van der Waals surface area contributed by atoms with Gasteiger partial charge in [-0.3, -0.25) is 9.59 Å². The van der Waals surface area contributed by atoms with Crippen molar-refractivity contribution in [3.63, 3.8) is 0 Å². The van der Waals surface area contributed by atoms with Gasteiger partial charge in [-0.1, -0.05) is 30.4 Å². The molecule has 0 saturated heterocycles. The Morgan fingerprint density at radius 3 is 2.60 bits per heavy atom. The van der Waals surface area contributed by atoms with E-state index in [1.165, 1.54) is 17.0 Å². The smallest absolute Gasteiger partial charge is 0.343 e. The lowest BCUT2D eigenvalue weighted by molar-refractivity contribution is -0.145. The van der Waals surface area contributed by atoms with E-state index in [-0.39, 0.29) is 36.3 Å². The first kappa shape index (κ1) is 29.8. The van der Waals surface area contributed by atoms with Crippen molar-refractivity contribution in [3.8, 4) is 5.75 Å². The molecule has 0 saturated carbocycles. The van der Waals surface area contributed by atoms with E-state index in [1.807, 2.05) is 6.07 Å². The summed E-state index contributed by atoms with van der Waals surface area (Å²) in [6.45, 7) is -0.523. The quantitative estimate of drug-likeness (QED) is 0.143. The lowest BCUT2D eigenvalue weighted by atomic mass is 9.80. The molecule has 0 spiro atoms. The highest BCUT2D eigenvalue weighted by Crippen LogP contribution is 2.36. The Balaban J connectivity index is 1.46. The van der Waals surface area contributed by atoms with Gasteiger partial charge < -0.3 is 31.3 Å². The molecule has 1 unspecified atom stereocenters. The molecular weight excluding hydrogens is 540 g/mol. The molecule has 2 aliphatic rings. The highest BCUT2D eigenvalue weighted by molar-refractivity contribution is 5.93. The number of benzene rings is 2. The average Bonchev–Trinajstić information content (AvgIpc) is 3.18. The van der Waals surface area contributed by atoms with Crippen molar-refractivity contribution >= 4 is 29.8 Å². The zero-order valence-electron chi connectivity index (χ0n) is 22.9. The molecule has 4 rings (SSSR count). The molecule has 0 aliphatic heterocycles. The summed E-state index contributed by atoms with van der Waals surface area (Å²) in [7, 11) is 0. The number of rotatable bonds is 10. The SMILES string of the molecule is NC(N)=NC1=CC=C(C(=O)Oc2ccc3c(c2)CCCC3CC(=O)N(CC(=O)O)Cc2cccc(C(=O)O)c2)C=CC1. The van der Waals surface area contributed by atoms with Crippen molar-refractivity contribution in [1.29, 1.82) is 0 Å². The van der Waals surface area contributed by atoms with Crippen LogP contribution in [0.5, 0.6) is 5.75 Å². The summed E-state index contributed by atoms with van der Waals surface area (Å²) in [6, 6.07) is 11.4. The number of carboxylic acid groups (broad SMARTS) is 2. The van der Waals surface area contributed by atoms with Crippen molar-refractivity contribution in [2.24, 2.45) is 16.5 Å². The fraction of sp³-hybridized carbons (Fsp3) is 0.258. The molecule has 2 aromatic rings. The third kappa shape index (κ3) is 7.94. The van der Waals surface area contributed by atoms with Crippen LogP contribution in [0.2, 0.25) is 0 Å². The number of aryl methyl sites for hydroxylation is 1. The number of esters is 1. The van der Waals surface area contributed by atoms with Crippen molar-refractivity contribution < 1.29 is 34.1 Å². The normalized spacial score (nSPS) is 15.8. The van der Waals surface area contributed by atoms with Gasteiger partial charge in [-0.2, -0.15) is 0 Å². The fourth-order valence-electron chi connectivity index (χ4n) is 5.09. The van der Waals surface area contributed by atoms with Crippen LogP contribution in [0.15, 0.2) is 83.0 Å². The molecule has 0 fully saturated rings. The predicted molar refractivity (Wildman–Crippen MR) is 155 cm³/mol. The number of carboxylic acids is 2. The Hall–Kier alpha value is -5.19. The van der Waals surface area contributed by atoms with E-state index in [9.17, 15) is 29.4 Å². The van der Waals surface area contributed by atoms with Gasteiger partial charge in [0.15, 0.2) is 5.96 Å². The zero-order chi connectivity index (χ0) is 30.2. The molecule has 11 heteroatoms. The number of hydrogen-bond acceptors (Lipinski definition) is 6. The number of ether oxygens (including phenoxy) is 1. The van der Waals surface area contributed by atoms with Crippen LogP contribution in [0.3, 0.4) is 0 Å². The Labute approximate surface area is 242 Å². The number of amides is 1. The van der Waals surface area contributed by atoms with E-state index < -0.39 is 24.5 Å². The molecule has 0 heterocycles. The topological polar surface area (TPSA) is 186 Å². The summed E-state index contributed by atoms with van der Waals surface area (Å²) in [4.78, 5) is 54.2. The maximum absolute atomic E-state index is 13.3. The Morgan fingerprint density at radius 1 is 1.05 bits per heavy atom. The van der Waals surface area contributed by atoms with Crippen LogP contribution in [0.25, 0.3) is 0 Å². The minimum atomic E-state index is -1.16. The average molecular weight is 573 g/mol. The summed E-state index contributed by atoms with van der Waals surface area (Å²) in [5.74, 6) is -2.96. The molecule has 0 bridgehead atoms. The minimum absolute atomic E-state index is 0.0202. The maximum atomic E-state index is 13.3. The largest absolute Gasteiger partial charge is 0.480 e. The maximum Gasteiger partial charge on any atom is 0.343 e. The number of carbonyl (C=O) groups excluding carboxylic acids is 2. The molecule has 0 radical (unpaired) electrons. The van der Waals surface area contributed by atoms with Gasteiger partial charge in [0.05, 0.1) is 11.1 Å². The molecular formula is C31H32N4O7. The van der Waals surface area contributed by atoms with Gasteiger partial charge in [-0.25, -0.2) is 14.6 Å². The number of aliphatic imine (C=N–C) groups is 1. The number of nitrogens with zero attached hydrogens (tertiary/aromatic N) is 2. The lowest BCUT2D eigenvalue weighted by Crippen LogP contribution is -2.36. The monoisotopic (exact) mass is 572 g/mol. The summed E-state index contributed by atoms with van der Waals surface area (Å²) in [6.07, 6.45) is 9.53. The van der Waals surface area contributed by atoms with Gasteiger partial charge in [0.1, 0.15) is 12.3 Å².